The van der Waals surface area contributed by atoms with E-state index in [9.17, 15) is 9.18 Å². The fourth-order valence-corrected chi connectivity index (χ4v) is 5.75. The predicted molar refractivity (Wildman–Crippen MR) is 139 cm³/mol. The molecule has 0 aliphatic carbocycles. The summed E-state index contributed by atoms with van der Waals surface area (Å²) in [4.78, 5) is 16.3. The molecule has 188 valence electrons. The van der Waals surface area contributed by atoms with E-state index >= 15 is 0 Å². The molecule has 2 atom stereocenters. The van der Waals surface area contributed by atoms with Gasteiger partial charge < -0.3 is 14.8 Å². The summed E-state index contributed by atoms with van der Waals surface area (Å²) in [5.74, 6) is 1.21. The molecule has 2 aromatic carbocycles. The third kappa shape index (κ3) is 3.41. The van der Waals surface area contributed by atoms with Crippen molar-refractivity contribution >= 4 is 17.2 Å². The van der Waals surface area contributed by atoms with Crippen molar-refractivity contribution in [2.24, 2.45) is 0 Å². The summed E-state index contributed by atoms with van der Waals surface area (Å²) in [5, 5.41) is 16.6. The van der Waals surface area contributed by atoms with Crippen molar-refractivity contribution in [3.8, 4) is 5.69 Å². The molecule has 0 saturated carbocycles. The van der Waals surface area contributed by atoms with Crippen molar-refractivity contribution < 1.29 is 9.18 Å². The lowest BCUT2D eigenvalue weighted by Gasteiger charge is -2.35. The number of hydrogen-bond acceptors (Lipinski definition) is 5. The van der Waals surface area contributed by atoms with Crippen molar-refractivity contribution in [2.75, 3.05) is 12.4 Å². The fourth-order valence-electron chi connectivity index (χ4n) is 5.75. The maximum atomic E-state index is 14.4. The van der Waals surface area contributed by atoms with Crippen molar-refractivity contribution in [3.05, 3.63) is 94.1 Å². The number of carbonyl (C=O) groups is 1. The summed E-state index contributed by atoms with van der Waals surface area (Å²) >= 11 is 0. The Balaban J connectivity index is 1.57. The molecule has 4 aromatic rings. The molecule has 4 heterocycles. The van der Waals surface area contributed by atoms with Crippen LogP contribution >= 0.6 is 0 Å². The minimum atomic E-state index is -0.411. The Hall–Kier alpha value is -4.27. The number of carbonyl (C=O) groups excluding carboxylic acids is 1. The molecular formula is C28H28FN7O. The number of aromatic nitrogens is 5. The van der Waals surface area contributed by atoms with Gasteiger partial charge >= 0.3 is 0 Å². The molecule has 8 nitrogen and oxygen atoms in total. The Morgan fingerprint density at radius 2 is 1.84 bits per heavy atom. The average Bonchev–Trinajstić information content (AvgIpc) is 3.51. The van der Waals surface area contributed by atoms with E-state index in [-0.39, 0.29) is 17.8 Å². The van der Waals surface area contributed by atoms with Gasteiger partial charge in [0.05, 0.1) is 35.7 Å². The highest BCUT2D eigenvalue weighted by Gasteiger charge is 2.47. The topological polar surface area (TPSA) is 80.9 Å². The van der Waals surface area contributed by atoms with Crippen molar-refractivity contribution in [1.82, 2.24) is 29.4 Å². The Morgan fingerprint density at radius 3 is 2.59 bits per heavy atom. The number of allylic oxidation sites excluding steroid dienone is 1. The third-order valence-corrected chi connectivity index (χ3v) is 7.48. The smallest absolute Gasteiger partial charge is 0.274 e. The molecule has 2 aliphatic heterocycles. The molecule has 0 spiro atoms. The van der Waals surface area contributed by atoms with Crippen LogP contribution in [0.3, 0.4) is 0 Å². The molecule has 9 heteroatoms. The molecule has 1 N–H and O–H groups in total. The van der Waals surface area contributed by atoms with Crippen LogP contribution in [-0.2, 0) is 6.54 Å². The van der Waals surface area contributed by atoms with E-state index in [0.717, 1.165) is 51.0 Å². The second-order valence-electron chi connectivity index (χ2n) is 9.74. The number of amides is 1. The van der Waals surface area contributed by atoms with E-state index in [1.807, 2.05) is 63.9 Å². The monoisotopic (exact) mass is 497 g/mol. The molecule has 0 fully saturated rings. The average molecular weight is 498 g/mol. The molecule has 0 radical (unpaired) electrons. The van der Waals surface area contributed by atoms with E-state index in [1.54, 1.807) is 10.7 Å². The molecule has 37 heavy (non-hydrogen) atoms. The van der Waals surface area contributed by atoms with Gasteiger partial charge in [-0.25, -0.2) is 9.07 Å². The summed E-state index contributed by atoms with van der Waals surface area (Å²) in [7, 11) is 1.85. The van der Waals surface area contributed by atoms with Crippen LogP contribution in [0.4, 0.5) is 10.1 Å². The largest absolute Gasteiger partial charge is 0.386 e. The first-order valence-corrected chi connectivity index (χ1v) is 12.3. The molecule has 1 amide bonds. The van der Waals surface area contributed by atoms with Gasteiger partial charge in [0.2, 0.25) is 0 Å². The standard InChI is InChI=1S/C28H28FN7O/c1-15-12-19(29)10-11-21(15)25-24-17(3)33-36(23-9-7-6-8-22(23)30-5)26(24)28(37)35(25)20-13-16(2)27-32-31-18(4)34(27)14-20/h6-13,20,25,30H,14H2,1-5H3. The lowest BCUT2D eigenvalue weighted by atomic mass is 9.94. The number of benzene rings is 2. The maximum Gasteiger partial charge on any atom is 0.274 e. The Bertz CT molecular complexity index is 1600. The summed E-state index contributed by atoms with van der Waals surface area (Å²) in [6.07, 6.45) is 2.09. The van der Waals surface area contributed by atoms with Crippen LogP contribution in [0, 0.1) is 26.6 Å². The van der Waals surface area contributed by atoms with Gasteiger partial charge in [-0.1, -0.05) is 24.3 Å². The normalized spacial score (nSPS) is 18.6. The van der Waals surface area contributed by atoms with Crippen molar-refractivity contribution in [3.63, 3.8) is 0 Å². The van der Waals surface area contributed by atoms with E-state index in [2.05, 4.69) is 26.2 Å². The van der Waals surface area contributed by atoms with Crippen LogP contribution < -0.4 is 5.32 Å². The van der Waals surface area contributed by atoms with Crippen molar-refractivity contribution in [1.29, 1.82) is 0 Å². The Kier molecular flexibility index (Phi) is 5.25. The zero-order valence-corrected chi connectivity index (χ0v) is 21.5. The number of nitrogens with one attached hydrogen (secondary N) is 1. The van der Waals surface area contributed by atoms with Gasteiger partial charge in [0.15, 0.2) is 5.82 Å². The van der Waals surface area contributed by atoms with Crippen LogP contribution in [0.2, 0.25) is 0 Å². The van der Waals surface area contributed by atoms with E-state index in [0.29, 0.717) is 12.2 Å². The number of fused-ring (bicyclic) bond motifs is 2. The summed E-state index contributed by atoms with van der Waals surface area (Å²) < 4.78 is 17.9. The van der Waals surface area contributed by atoms with Crippen molar-refractivity contribution in [2.45, 2.75) is 46.3 Å². The summed E-state index contributed by atoms with van der Waals surface area (Å²) in [6, 6.07) is 11.9. The van der Waals surface area contributed by atoms with Crippen LogP contribution in [-0.4, -0.2) is 48.4 Å². The molecule has 0 bridgehead atoms. The SMILES string of the molecule is CNc1ccccc1-n1nc(C)c2c1C(=O)N(C1C=C(C)c3nnc(C)n3C1)C2c1ccc(F)cc1C. The van der Waals surface area contributed by atoms with E-state index in [1.165, 1.54) is 12.1 Å². The number of anilines is 1. The minimum absolute atomic E-state index is 0.113. The van der Waals surface area contributed by atoms with Crippen LogP contribution in [0.5, 0.6) is 0 Å². The Morgan fingerprint density at radius 1 is 1.05 bits per heavy atom. The number of rotatable bonds is 4. The van der Waals surface area contributed by atoms with E-state index < -0.39 is 6.04 Å². The van der Waals surface area contributed by atoms with Crippen LogP contribution in [0.15, 0.2) is 48.5 Å². The van der Waals surface area contributed by atoms with Crippen LogP contribution in [0.1, 0.15) is 57.5 Å². The minimum Gasteiger partial charge on any atom is -0.386 e. The molecule has 6 rings (SSSR count). The highest BCUT2D eigenvalue weighted by atomic mass is 19.1. The van der Waals surface area contributed by atoms with Crippen LogP contribution in [0.25, 0.3) is 11.3 Å². The first kappa shape index (κ1) is 23.1. The molecule has 2 aliphatic rings. The summed E-state index contributed by atoms with van der Waals surface area (Å²) in [5.41, 5.74) is 6.45. The number of nitrogens with zero attached hydrogens (tertiary/aromatic N) is 6. The summed E-state index contributed by atoms with van der Waals surface area (Å²) in [6.45, 7) is 8.28. The lowest BCUT2D eigenvalue weighted by molar-refractivity contribution is 0.0674. The third-order valence-electron chi connectivity index (χ3n) is 7.48. The van der Waals surface area contributed by atoms with Gasteiger partial charge in [-0.05, 0) is 68.7 Å². The highest BCUT2D eigenvalue weighted by Crippen LogP contribution is 2.45. The number of hydrogen-bond donors (Lipinski definition) is 1. The predicted octanol–water partition coefficient (Wildman–Crippen LogP) is 4.60. The number of halogens is 1. The van der Waals surface area contributed by atoms with Gasteiger partial charge in [0.25, 0.3) is 5.91 Å². The molecular weight excluding hydrogens is 469 g/mol. The van der Waals surface area contributed by atoms with Gasteiger partial charge in [-0.3, -0.25) is 4.79 Å². The zero-order chi connectivity index (χ0) is 26.0. The quantitative estimate of drug-likeness (QED) is 0.446. The first-order chi connectivity index (χ1) is 17.8. The van der Waals surface area contributed by atoms with E-state index in [4.69, 9.17) is 5.10 Å². The number of para-hydroxylation sites is 2. The van der Waals surface area contributed by atoms with Gasteiger partial charge in [-0.2, -0.15) is 5.10 Å². The second-order valence-corrected chi connectivity index (χ2v) is 9.74. The molecule has 2 aromatic heterocycles. The lowest BCUT2D eigenvalue weighted by Crippen LogP contribution is -2.43. The molecule has 2 unspecified atom stereocenters. The van der Waals surface area contributed by atoms with Gasteiger partial charge in [0, 0.05) is 12.6 Å². The fraction of sp³-hybridized carbons (Fsp3) is 0.286. The molecule has 0 saturated heterocycles. The van der Waals surface area contributed by atoms with Gasteiger partial charge in [-0.15, -0.1) is 10.2 Å². The Labute approximate surface area is 214 Å². The highest BCUT2D eigenvalue weighted by molar-refractivity contribution is 6.00. The van der Waals surface area contributed by atoms with Gasteiger partial charge in [0.1, 0.15) is 17.3 Å². The second kappa shape index (κ2) is 8.40. The maximum absolute atomic E-state index is 14.4. The number of aryl methyl sites for hydroxylation is 3. The zero-order valence-electron chi connectivity index (χ0n) is 21.5. The first-order valence-electron chi connectivity index (χ1n) is 12.3.